The quantitative estimate of drug-likeness (QED) is 0.569. The Labute approximate surface area is 171 Å². The summed E-state index contributed by atoms with van der Waals surface area (Å²) in [6.45, 7) is 8.43. The molecular formula is C25H39N3. The van der Waals surface area contributed by atoms with Crippen molar-refractivity contribution >= 4 is 0 Å². The van der Waals surface area contributed by atoms with Gasteiger partial charge in [-0.1, -0.05) is 40.0 Å². The molecule has 154 valence electrons. The highest BCUT2D eigenvalue weighted by molar-refractivity contribution is 5.21. The van der Waals surface area contributed by atoms with Crippen LogP contribution in [0.3, 0.4) is 0 Å². The van der Waals surface area contributed by atoms with Crippen molar-refractivity contribution < 1.29 is 0 Å². The third-order valence-electron chi connectivity index (χ3n) is 9.33. The largest absolute Gasteiger partial charge is 0.271 e. The molecule has 0 saturated heterocycles. The standard InChI is InChI=1S/C25H39N3/c1-4-6-21-19(5-2)7-9-23-22(21)11-13-25(3)20(8-10-24(23)25)12-14-28-17-18(15-26)16-27-28/h16-17,19-24H,4-14H2,1-3H3/t19-,20+,21-,22?,23+,24?,25+/m0/s1. The second-order valence-electron chi connectivity index (χ2n) is 10.3. The number of rotatable bonds is 6. The minimum absolute atomic E-state index is 0.544. The zero-order valence-electron chi connectivity index (χ0n) is 18.2. The molecule has 3 fully saturated rings. The summed E-state index contributed by atoms with van der Waals surface area (Å²) in [5.74, 6) is 5.81. The first-order chi connectivity index (χ1) is 13.6. The third-order valence-corrected chi connectivity index (χ3v) is 9.33. The summed E-state index contributed by atoms with van der Waals surface area (Å²) in [6.07, 6.45) is 17.9. The van der Waals surface area contributed by atoms with Crippen molar-refractivity contribution in [3.63, 3.8) is 0 Å². The fraction of sp³-hybridized carbons (Fsp3) is 0.840. The predicted octanol–water partition coefficient (Wildman–Crippen LogP) is 6.44. The van der Waals surface area contributed by atoms with Crippen molar-refractivity contribution in [1.29, 1.82) is 5.26 Å². The Hall–Kier alpha value is -1.30. The van der Waals surface area contributed by atoms with Gasteiger partial charge in [0.25, 0.3) is 0 Å². The molecule has 1 aromatic heterocycles. The predicted molar refractivity (Wildman–Crippen MR) is 114 cm³/mol. The molecule has 0 aromatic carbocycles. The number of hydrogen-bond donors (Lipinski definition) is 0. The lowest BCUT2D eigenvalue weighted by Crippen LogP contribution is -2.47. The summed E-state index contributed by atoms with van der Waals surface area (Å²) in [7, 11) is 0. The molecular weight excluding hydrogens is 342 g/mol. The number of aromatic nitrogens is 2. The molecule has 3 heteroatoms. The van der Waals surface area contributed by atoms with Crippen LogP contribution in [0.5, 0.6) is 0 Å². The highest BCUT2D eigenvalue weighted by atomic mass is 15.3. The van der Waals surface area contributed by atoms with Crippen molar-refractivity contribution in [2.75, 3.05) is 0 Å². The topological polar surface area (TPSA) is 41.6 Å². The molecule has 0 N–H and O–H groups in total. The van der Waals surface area contributed by atoms with Gasteiger partial charge in [-0.25, -0.2) is 0 Å². The maximum absolute atomic E-state index is 9.03. The van der Waals surface area contributed by atoms with Gasteiger partial charge in [-0.3, -0.25) is 4.68 Å². The van der Waals surface area contributed by atoms with E-state index < -0.39 is 0 Å². The van der Waals surface area contributed by atoms with E-state index in [0.29, 0.717) is 11.0 Å². The van der Waals surface area contributed by atoms with E-state index in [1.807, 2.05) is 10.9 Å². The summed E-state index contributed by atoms with van der Waals surface area (Å²) in [4.78, 5) is 0. The van der Waals surface area contributed by atoms with Crippen LogP contribution in [0.1, 0.15) is 90.5 Å². The Bertz CT molecular complexity index is 701. The SMILES string of the molecule is CCC[C@@H]1C2CC[C@@]3(C)C(CC[C@@H]3CCn3cc(C#N)cn3)[C@@H]2CC[C@@H]1CC. The van der Waals surface area contributed by atoms with Gasteiger partial charge in [0, 0.05) is 12.7 Å². The summed E-state index contributed by atoms with van der Waals surface area (Å²) in [5.41, 5.74) is 1.23. The zero-order valence-corrected chi connectivity index (χ0v) is 18.2. The Morgan fingerprint density at radius 2 is 2.00 bits per heavy atom. The van der Waals surface area contributed by atoms with Crippen molar-refractivity contribution in [2.45, 2.75) is 91.5 Å². The van der Waals surface area contributed by atoms with Gasteiger partial charge in [-0.05, 0) is 85.9 Å². The Kier molecular flexibility index (Phi) is 5.86. The van der Waals surface area contributed by atoms with E-state index in [-0.39, 0.29) is 0 Å². The minimum atomic E-state index is 0.544. The van der Waals surface area contributed by atoms with E-state index in [1.165, 1.54) is 64.2 Å². The van der Waals surface area contributed by atoms with Gasteiger partial charge < -0.3 is 0 Å². The van der Waals surface area contributed by atoms with Gasteiger partial charge >= 0.3 is 0 Å². The van der Waals surface area contributed by atoms with Crippen molar-refractivity contribution in [1.82, 2.24) is 9.78 Å². The molecule has 1 heterocycles. The van der Waals surface area contributed by atoms with Crippen LogP contribution in [0.4, 0.5) is 0 Å². The van der Waals surface area contributed by atoms with Crippen LogP contribution in [0.2, 0.25) is 0 Å². The average molecular weight is 382 g/mol. The molecule has 3 nitrogen and oxygen atoms in total. The molecule has 2 unspecified atom stereocenters. The third kappa shape index (κ3) is 3.42. The first-order valence-electron chi connectivity index (χ1n) is 12.0. The number of aryl methyl sites for hydroxylation is 1. The van der Waals surface area contributed by atoms with E-state index in [1.54, 1.807) is 6.20 Å². The lowest BCUT2D eigenvalue weighted by atomic mass is 9.50. The van der Waals surface area contributed by atoms with Crippen molar-refractivity contribution in [3.8, 4) is 6.07 Å². The molecule has 3 aliphatic rings. The molecule has 4 rings (SSSR count). The molecule has 0 bridgehead atoms. The van der Waals surface area contributed by atoms with Crippen LogP contribution in [-0.2, 0) is 6.54 Å². The molecule has 28 heavy (non-hydrogen) atoms. The van der Waals surface area contributed by atoms with E-state index >= 15 is 0 Å². The second kappa shape index (κ2) is 8.21. The fourth-order valence-corrected chi connectivity index (χ4v) is 7.94. The highest BCUT2D eigenvalue weighted by Crippen LogP contribution is 2.64. The monoisotopic (exact) mass is 381 g/mol. The van der Waals surface area contributed by atoms with Crippen molar-refractivity contribution in [2.24, 2.45) is 40.9 Å². The Balaban J connectivity index is 1.44. The smallest absolute Gasteiger partial charge is 0.102 e. The van der Waals surface area contributed by atoms with Crippen LogP contribution in [0.25, 0.3) is 0 Å². The summed E-state index contributed by atoms with van der Waals surface area (Å²) < 4.78 is 1.99. The molecule has 0 radical (unpaired) electrons. The van der Waals surface area contributed by atoms with Gasteiger partial charge in [0.05, 0.1) is 11.8 Å². The maximum atomic E-state index is 9.03. The Morgan fingerprint density at radius 1 is 1.14 bits per heavy atom. The van der Waals surface area contributed by atoms with E-state index in [9.17, 15) is 0 Å². The van der Waals surface area contributed by atoms with Crippen LogP contribution in [0, 0.1) is 52.3 Å². The summed E-state index contributed by atoms with van der Waals surface area (Å²) in [6, 6.07) is 2.20. The summed E-state index contributed by atoms with van der Waals surface area (Å²) >= 11 is 0. The average Bonchev–Trinajstić information content (AvgIpc) is 3.30. The molecule has 3 aliphatic carbocycles. The summed E-state index contributed by atoms with van der Waals surface area (Å²) in [5, 5.41) is 13.4. The van der Waals surface area contributed by atoms with E-state index in [2.05, 4.69) is 31.9 Å². The number of nitriles is 1. The zero-order chi connectivity index (χ0) is 19.7. The molecule has 3 saturated carbocycles. The number of fused-ring (bicyclic) bond motifs is 3. The van der Waals surface area contributed by atoms with Crippen LogP contribution >= 0.6 is 0 Å². The Morgan fingerprint density at radius 3 is 2.71 bits per heavy atom. The molecule has 0 aliphatic heterocycles. The second-order valence-corrected chi connectivity index (χ2v) is 10.3. The van der Waals surface area contributed by atoms with Gasteiger partial charge in [-0.2, -0.15) is 10.4 Å². The minimum Gasteiger partial charge on any atom is -0.271 e. The van der Waals surface area contributed by atoms with Crippen LogP contribution in [0.15, 0.2) is 12.4 Å². The van der Waals surface area contributed by atoms with Crippen LogP contribution in [-0.4, -0.2) is 9.78 Å². The first-order valence-corrected chi connectivity index (χ1v) is 12.0. The fourth-order valence-electron chi connectivity index (χ4n) is 7.94. The van der Waals surface area contributed by atoms with Crippen molar-refractivity contribution in [3.05, 3.63) is 18.0 Å². The number of nitrogens with zero attached hydrogens (tertiary/aromatic N) is 3. The molecule has 7 atom stereocenters. The lowest BCUT2D eigenvalue weighted by Gasteiger charge is -2.55. The van der Waals surface area contributed by atoms with Gasteiger partial charge in [0.2, 0.25) is 0 Å². The van der Waals surface area contributed by atoms with E-state index in [4.69, 9.17) is 5.26 Å². The lowest BCUT2D eigenvalue weighted by molar-refractivity contribution is -0.0560. The van der Waals surface area contributed by atoms with Gasteiger partial charge in [0.15, 0.2) is 0 Å². The normalized spacial score (nSPS) is 39.9. The van der Waals surface area contributed by atoms with Crippen LogP contribution < -0.4 is 0 Å². The molecule has 0 amide bonds. The first kappa shape index (κ1) is 20.0. The molecule has 0 spiro atoms. The maximum Gasteiger partial charge on any atom is 0.102 e. The number of hydrogen-bond acceptors (Lipinski definition) is 2. The van der Waals surface area contributed by atoms with E-state index in [0.717, 1.165) is 42.1 Å². The van der Waals surface area contributed by atoms with Gasteiger partial charge in [-0.15, -0.1) is 0 Å². The molecule has 1 aromatic rings. The van der Waals surface area contributed by atoms with Gasteiger partial charge in [0.1, 0.15) is 6.07 Å². The highest BCUT2D eigenvalue weighted by Gasteiger charge is 2.55.